The summed E-state index contributed by atoms with van der Waals surface area (Å²) in [6.45, 7) is 3.83. The summed E-state index contributed by atoms with van der Waals surface area (Å²) in [5.74, 6) is -0.186. The first-order valence-electron chi connectivity index (χ1n) is 7.25. The first kappa shape index (κ1) is 16.5. The van der Waals surface area contributed by atoms with Gasteiger partial charge in [0, 0.05) is 6.08 Å². The van der Waals surface area contributed by atoms with Crippen molar-refractivity contribution in [1.82, 2.24) is 0 Å². The summed E-state index contributed by atoms with van der Waals surface area (Å²) in [5.41, 5.74) is 6.77. The standard InChI is InChI=1S/C18H19FN2O2/c1-12(2)23-17-6-4-3-5-16(17)21-18(22)10-8-13-7-9-14(19)15(20)11-13/h3-12H,20H2,1-2H3,(H,21,22)/b10-8+. The first-order chi connectivity index (χ1) is 11.0. The highest BCUT2D eigenvalue weighted by molar-refractivity contribution is 6.02. The Labute approximate surface area is 134 Å². The van der Waals surface area contributed by atoms with E-state index in [0.717, 1.165) is 0 Å². The number of para-hydroxylation sites is 2. The van der Waals surface area contributed by atoms with Gasteiger partial charge in [0.05, 0.1) is 17.5 Å². The molecule has 0 bridgehead atoms. The molecule has 1 amide bonds. The number of hydrogen-bond acceptors (Lipinski definition) is 3. The summed E-state index contributed by atoms with van der Waals surface area (Å²) in [6.07, 6.45) is 2.93. The van der Waals surface area contributed by atoms with Gasteiger partial charge in [0.25, 0.3) is 0 Å². The van der Waals surface area contributed by atoms with Crippen molar-refractivity contribution in [2.75, 3.05) is 11.1 Å². The van der Waals surface area contributed by atoms with Gasteiger partial charge in [-0.15, -0.1) is 0 Å². The number of ether oxygens (including phenoxy) is 1. The summed E-state index contributed by atoms with van der Waals surface area (Å²) in [4.78, 5) is 12.0. The largest absolute Gasteiger partial charge is 0.489 e. The Balaban J connectivity index is 2.07. The maximum atomic E-state index is 13.1. The molecule has 2 aromatic rings. The first-order valence-corrected chi connectivity index (χ1v) is 7.25. The van der Waals surface area contributed by atoms with Crippen LogP contribution in [-0.2, 0) is 4.79 Å². The summed E-state index contributed by atoms with van der Waals surface area (Å²) in [5, 5.41) is 2.76. The summed E-state index contributed by atoms with van der Waals surface area (Å²) >= 11 is 0. The lowest BCUT2D eigenvalue weighted by Gasteiger charge is -2.14. The van der Waals surface area contributed by atoms with Gasteiger partial charge in [-0.1, -0.05) is 18.2 Å². The SMILES string of the molecule is CC(C)Oc1ccccc1NC(=O)/C=C/c1ccc(F)c(N)c1. The van der Waals surface area contributed by atoms with Crippen LogP contribution >= 0.6 is 0 Å². The van der Waals surface area contributed by atoms with Crippen LogP contribution in [0.4, 0.5) is 15.8 Å². The molecule has 0 unspecified atom stereocenters. The Hall–Kier alpha value is -2.82. The molecular formula is C18H19FN2O2. The van der Waals surface area contributed by atoms with Crippen LogP contribution in [0.5, 0.6) is 5.75 Å². The van der Waals surface area contributed by atoms with Crippen LogP contribution in [0.2, 0.25) is 0 Å². The Morgan fingerprint density at radius 2 is 2.00 bits per heavy atom. The van der Waals surface area contributed by atoms with Crippen LogP contribution in [0, 0.1) is 5.82 Å². The number of benzene rings is 2. The van der Waals surface area contributed by atoms with Gasteiger partial charge in [-0.05, 0) is 49.8 Å². The van der Waals surface area contributed by atoms with E-state index in [0.29, 0.717) is 17.0 Å². The fraction of sp³-hybridized carbons (Fsp3) is 0.167. The number of nitrogen functional groups attached to an aromatic ring is 1. The van der Waals surface area contributed by atoms with Crippen LogP contribution in [0.25, 0.3) is 6.08 Å². The third-order valence-electron chi connectivity index (χ3n) is 2.95. The molecular weight excluding hydrogens is 295 g/mol. The summed E-state index contributed by atoms with van der Waals surface area (Å²) in [7, 11) is 0. The number of halogens is 1. The highest BCUT2D eigenvalue weighted by Gasteiger charge is 2.07. The van der Waals surface area contributed by atoms with E-state index in [9.17, 15) is 9.18 Å². The molecule has 0 fully saturated rings. The fourth-order valence-corrected chi connectivity index (χ4v) is 1.94. The molecule has 2 aromatic carbocycles. The van der Waals surface area contributed by atoms with Crippen LogP contribution in [0.15, 0.2) is 48.5 Å². The number of nitrogens with one attached hydrogen (secondary N) is 1. The van der Waals surface area contributed by atoms with Gasteiger partial charge in [0.1, 0.15) is 11.6 Å². The molecule has 0 radical (unpaired) electrons. The van der Waals surface area contributed by atoms with Gasteiger partial charge in [0.15, 0.2) is 0 Å². The van der Waals surface area contributed by atoms with Gasteiger partial charge in [0.2, 0.25) is 5.91 Å². The van der Waals surface area contributed by atoms with Crippen LogP contribution < -0.4 is 15.8 Å². The zero-order valence-corrected chi connectivity index (χ0v) is 13.0. The minimum atomic E-state index is -0.480. The Morgan fingerprint density at radius 1 is 1.26 bits per heavy atom. The second-order valence-electron chi connectivity index (χ2n) is 5.27. The van der Waals surface area contributed by atoms with Crippen molar-refractivity contribution in [2.24, 2.45) is 0 Å². The lowest BCUT2D eigenvalue weighted by molar-refractivity contribution is -0.111. The highest BCUT2D eigenvalue weighted by Crippen LogP contribution is 2.24. The monoisotopic (exact) mass is 314 g/mol. The molecule has 5 heteroatoms. The van der Waals surface area contributed by atoms with E-state index in [4.69, 9.17) is 10.5 Å². The number of hydrogen-bond donors (Lipinski definition) is 2. The molecule has 0 aromatic heterocycles. The number of nitrogens with two attached hydrogens (primary N) is 1. The molecule has 0 saturated carbocycles. The predicted octanol–water partition coefficient (Wildman–Crippen LogP) is 3.85. The predicted molar refractivity (Wildman–Crippen MR) is 90.7 cm³/mol. The van der Waals surface area contributed by atoms with Crippen molar-refractivity contribution < 1.29 is 13.9 Å². The maximum absolute atomic E-state index is 13.1. The van der Waals surface area contributed by atoms with E-state index >= 15 is 0 Å². The number of anilines is 2. The molecule has 0 aliphatic carbocycles. The molecule has 0 heterocycles. The molecule has 0 aliphatic rings. The third-order valence-corrected chi connectivity index (χ3v) is 2.95. The smallest absolute Gasteiger partial charge is 0.248 e. The molecule has 0 atom stereocenters. The molecule has 2 rings (SSSR count). The lowest BCUT2D eigenvalue weighted by Crippen LogP contribution is -2.12. The van der Waals surface area contributed by atoms with E-state index in [1.807, 2.05) is 26.0 Å². The maximum Gasteiger partial charge on any atom is 0.248 e. The Morgan fingerprint density at radius 3 is 2.70 bits per heavy atom. The van der Waals surface area contributed by atoms with Crippen molar-refractivity contribution in [3.8, 4) is 5.75 Å². The van der Waals surface area contributed by atoms with Gasteiger partial charge in [-0.2, -0.15) is 0 Å². The highest BCUT2D eigenvalue weighted by atomic mass is 19.1. The summed E-state index contributed by atoms with van der Waals surface area (Å²) in [6, 6.07) is 11.5. The van der Waals surface area contributed by atoms with Gasteiger partial charge < -0.3 is 15.8 Å². The lowest BCUT2D eigenvalue weighted by atomic mass is 10.2. The van der Waals surface area contributed by atoms with Crippen molar-refractivity contribution in [1.29, 1.82) is 0 Å². The minimum Gasteiger partial charge on any atom is -0.489 e. The van der Waals surface area contributed by atoms with E-state index < -0.39 is 5.82 Å². The summed E-state index contributed by atoms with van der Waals surface area (Å²) < 4.78 is 18.7. The number of carbonyl (C=O) groups is 1. The normalized spacial score (nSPS) is 11.0. The van der Waals surface area contributed by atoms with Gasteiger partial charge >= 0.3 is 0 Å². The Bertz CT molecular complexity index is 727. The average molecular weight is 314 g/mol. The van der Waals surface area contributed by atoms with Crippen molar-refractivity contribution in [3.05, 3.63) is 59.9 Å². The number of carbonyl (C=O) groups excluding carboxylic acids is 1. The third kappa shape index (κ3) is 4.85. The average Bonchev–Trinajstić information content (AvgIpc) is 2.50. The van der Waals surface area contributed by atoms with E-state index in [-0.39, 0.29) is 17.7 Å². The van der Waals surface area contributed by atoms with Gasteiger partial charge in [-0.25, -0.2) is 4.39 Å². The Kier molecular flexibility index (Phi) is 5.36. The van der Waals surface area contributed by atoms with Crippen LogP contribution in [0.1, 0.15) is 19.4 Å². The molecule has 3 N–H and O–H groups in total. The molecule has 0 spiro atoms. The fourth-order valence-electron chi connectivity index (χ4n) is 1.94. The minimum absolute atomic E-state index is 0.00536. The molecule has 0 saturated heterocycles. The van der Waals surface area contributed by atoms with Crippen molar-refractivity contribution in [3.63, 3.8) is 0 Å². The molecule has 23 heavy (non-hydrogen) atoms. The number of rotatable bonds is 5. The van der Waals surface area contributed by atoms with Crippen LogP contribution in [-0.4, -0.2) is 12.0 Å². The number of amides is 1. The van der Waals surface area contributed by atoms with E-state index in [1.165, 1.54) is 18.2 Å². The van der Waals surface area contributed by atoms with E-state index in [2.05, 4.69) is 5.32 Å². The second kappa shape index (κ2) is 7.45. The van der Waals surface area contributed by atoms with Crippen molar-refractivity contribution >= 4 is 23.4 Å². The van der Waals surface area contributed by atoms with Gasteiger partial charge in [-0.3, -0.25) is 4.79 Å². The van der Waals surface area contributed by atoms with E-state index in [1.54, 1.807) is 24.3 Å². The quantitative estimate of drug-likeness (QED) is 0.651. The zero-order chi connectivity index (χ0) is 16.8. The molecule has 4 nitrogen and oxygen atoms in total. The van der Waals surface area contributed by atoms with Crippen LogP contribution in [0.3, 0.4) is 0 Å². The topological polar surface area (TPSA) is 64.3 Å². The zero-order valence-electron chi connectivity index (χ0n) is 13.0. The molecule has 0 aliphatic heterocycles. The second-order valence-corrected chi connectivity index (χ2v) is 5.27. The molecule has 120 valence electrons. The van der Waals surface area contributed by atoms with Crippen molar-refractivity contribution in [2.45, 2.75) is 20.0 Å².